The minimum Gasteiger partial charge on any atom is -0.443 e. The number of carbonyl (C=O) groups is 2. The zero-order chi connectivity index (χ0) is 26.4. The zero-order valence-electron chi connectivity index (χ0n) is 21.7. The van der Waals surface area contributed by atoms with Gasteiger partial charge in [0.05, 0.1) is 31.0 Å². The fraction of sp³-hybridized carbons (Fsp3) is 0.462. The normalized spacial score (nSPS) is 17.9. The Morgan fingerprint density at radius 2 is 1.97 bits per heavy atom. The van der Waals surface area contributed by atoms with E-state index in [2.05, 4.69) is 38.8 Å². The first-order valence-corrected chi connectivity index (χ1v) is 12.8. The summed E-state index contributed by atoms with van der Waals surface area (Å²) in [6.07, 6.45) is 1.31. The van der Waals surface area contributed by atoms with E-state index in [9.17, 15) is 9.59 Å². The quantitative estimate of drug-likeness (QED) is 0.541. The molecule has 0 unspecified atom stereocenters. The topological polar surface area (TPSA) is 128 Å². The van der Waals surface area contributed by atoms with Crippen LogP contribution >= 0.6 is 0 Å². The molecule has 12 heteroatoms. The van der Waals surface area contributed by atoms with E-state index in [1.54, 1.807) is 4.90 Å². The summed E-state index contributed by atoms with van der Waals surface area (Å²) in [7, 11) is 1.50. The number of anilines is 2. The van der Waals surface area contributed by atoms with E-state index in [1.807, 2.05) is 24.3 Å². The predicted molar refractivity (Wildman–Crippen MR) is 138 cm³/mol. The summed E-state index contributed by atoms with van der Waals surface area (Å²) in [5.41, 5.74) is 2.38. The number of hydrogen-bond acceptors (Lipinski definition) is 9. The first-order chi connectivity index (χ1) is 18.4. The molecule has 1 fully saturated rings. The second-order valence-corrected chi connectivity index (χ2v) is 10.2. The Morgan fingerprint density at radius 1 is 1.16 bits per heavy atom. The Labute approximate surface area is 220 Å². The van der Waals surface area contributed by atoms with Crippen LogP contribution in [0.15, 0.2) is 24.3 Å². The van der Waals surface area contributed by atoms with Gasteiger partial charge in [0.1, 0.15) is 29.8 Å². The van der Waals surface area contributed by atoms with Crippen molar-refractivity contribution >= 4 is 23.6 Å². The average molecular weight is 519 g/mol. The third-order valence-electron chi connectivity index (χ3n) is 7.40. The predicted octanol–water partition coefficient (Wildman–Crippen LogP) is 2.27. The smallest absolute Gasteiger partial charge is 0.407 e. The number of alkyl carbamates (subject to hydrolysis) is 1. The molecule has 3 aliphatic heterocycles. The first kappa shape index (κ1) is 24.3. The van der Waals surface area contributed by atoms with Crippen LogP contribution in [0.5, 0.6) is 0 Å². The number of nitrogens with one attached hydrogen (secondary N) is 1. The highest BCUT2D eigenvalue weighted by Crippen LogP contribution is 2.36. The van der Waals surface area contributed by atoms with Gasteiger partial charge in [0.15, 0.2) is 5.82 Å². The number of aryl methyl sites for hydroxylation is 1. The fourth-order valence-electron chi connectivity index (χ4n) is 5.33. The number of morpholine rings is 1. The lowest BCUT2D eigenvalue weighted by Crippen LogP contribution is -2.37. The van der Waals surface area contributed by atoms with E-state index >= 15 is 0 Å². The summed E-state index contributed by atoms with van der Waals surface area (Å²) >= 11 is 0. The summed E-state index contributed by atoms with van der Waals surface area (Å²) < 4.78 is 13.0. The molecule has 0 saturated carbocycles. The van der Waals surface area contributed by atoms with Gasteiger partial charge in [-0.25, -0.2) is 14.8 Å². The lowest BCUT2D eigenvalue weighted by molar-refractivity contribution is 0.0996. The Bertz CT molecular complexity index is 1410. The van der Waals surface area contributed by atoms with E-state index in [-0.39, 0.29) is 24.6 Å². The number of hydrogen-bond donors (Lipinski definition) is 1. The van der Waals surface area contributed by atoms with Crippen LogP contribution in [0, 0.1) is 0 Å². The summed E-state index contributed by atoms with van der Waals surface area (Å²) in [6, 6.07) is 7.41. The summed E-state index contributed by atoms with van der Waals surface area (Å²) in [5.74, 6) is 2.66. The van der Waals surface area contributed by atoms with Crippen LogP contribution in [0.25, 0.3) is 11.5 Å². The Morgan fingerprint density at radius 3 is 2.76 bits per heavy atom. The van der Waals surface area contributed by atoms with Crippen molar-refractivity contribution in [3.63, 3.8) is 0 Å². The van der Waals surface area contributed by atoms with Crippen LogP contribution in [0.2, 0.25) is 0 Å². The lowest BCUT2D eigenvalue weighted by atomic mass is 10.0. The van der Waals surface area contributed by atoms with E-state index in [4.69, 9.17) is 19.4 Å². The molecule has 1 saturated heterocycles. The van der Waals surface area contributed by atoms with Gasteiger partial charge >= 0.3 is 6.09 Å². The van der Waals surface area contributed by atoms with Crippen molar-refractivity contribution in [3.8, 4) is 11.5 Å². The van der Waals surface area contributed by atoms with E-state index in [0.29, 0.717) is 60.7 Å². The molecule has 0 aromatic carbocycles. The lowest BCUT2D eigenvalue weighted by Gasteiger charge is -2.28. The molecule has 0 atom stereocenters. The van der Waals surface area contributed by atoms with Crippen LogP contribution in [0.1, 0.15) is 47.7 Å². The van der Waals surface area contributed by atoms with Gasteiger partial charge in [-0.3, -0.25) is 9.69 Å². The maximum atomic E-state index is 13.7. The van der Waals surface area contributed by atoms with Crippen molar-refractivity contribution < 1.29 is 19.1 Å². The molecule has 3 aromatic heterocycles. The van der Waals surface area contributed by atoms with Gasteiger partial charge in [0, 0.05) is 37.7 Å². The van der Waals surface area contributed by atoms with Crippen LogP contribution in [-0.2, 0) is 34.6 Å². The second-order valence-electron chi connectivity index (χ2n) is 10.2. The number of carbonyl (C=O) groups excluding carboxylic acids is 2. The molecule has 6 rings (SSSR count). The number of ether oxygens (including phenoxy) is 2. The Kier molecular flexibility index (Phi) is 5.98. The molecular formula is C26H30N8O4. The molecule has 0 spiro atoms. The summed E-state index contributed by atoms with van der Waals surface area (Å²) in [4.78, 5) is 38.9. The van der Waals surface area contributed by atoms with E-state index < -0.39 is 6.09 Å². The van der Waals surface area contributed by atoms with Gasteiger partial charge in [0.2, 0.25) is 0 Å². The molecule has 3 aliphatic rings. The SMILES string of the molecule is CNC(=O)OCc1nc(N2CCOCC2)cc2c1CN(c1cccc(-c3nnc4n3C(C)(C)CC4)n1)C2=O. The number of rotatable bonds is 5. The Balaban J connectivity index is 1.35. The minimum absolute atomic E-state index is 0.0459. The second kappa shape index (κ2) is 9.35. The third-order valence-corrected chi connectivity index (χ3v) is 7.40. The molecule has 198 valence electrons. The molecule has 6 heterocycles. The average Bonchev–Trinajstić information content (AvgIpc) is 3.61. The number of fused-ring (bicyclic) bond motifs is 2. The van der Waals surface area contributed by atoms with Gasteiger partial charge in [-0.2, -0.15) is 0 Å². The number of nitrogens with zero attached hydrogens (tertiary/aromatic N) is 7. The molecule has 3 aromatic rings. The number of aromatic nitrogens is 5. The maximum absolute atomic E-state index is 13.7. The van der Waals surface area contributed by atoms with E-state index in [1.165, 1.54) is 7.05 Å². The van der Waals surface area contributed by atoms with Crippen LogP contribution in [0.3, 0.4) is 0 Å². The van der Waals surface area contributed by atoms with Crippen LogP contribution in [0.4, 0.5) is 16.4 Å². The minimum atomic E-state index is -0.559. The molecule has 38 heavy (non-hydrogen) atoms. The summed E-state index contributed by atoms with van der Waals surface area (Å²) in [6.45, 7) is 7.08. The zero-order valence-corrected chi connectivity index (χ0v) is 21.7. The number of amides is 2. The Hall–Kier alpha value is -4.06. The van der Waals surface area contributed by atoms with Crippen LogP contribution < -0.4 is 15.1 Å². The highest BCUT2D eigenvalue weighted by molar-refractivity contribution is 6.10. The maximum Gasteiger partial charge on any atom is 0.407 e. The fourth-order valence-corrected chi connectivity index (χ4v) is 5.33. The van der Waals surface area contributed by atoms with Crippen molar-refractivity contribution in [1.82, 2.24) is 30.0 Å². The van der Waals surface area contributed by atoms with Gasteiger partial charge in [-0.1, -0.05) is 6.07 Å². The van der Waals surface area contributed by atoms with Crippen molar-refractivity contribution in [2.45, 2.75) is 45.4 Å². The molecular weight excluding hydrogens is 488 g/mol. The van der Waals surface area contributed by atoms with E-state index in [0.717, 1.165) is 24.2 Å². The van der Waals surface area contributed by atoms with Gasteiger partial charge in [0.25, 0.3) is 5.91 Å². The molecule has 2 amide bonds. The standard InChI is InChI=1S/C26H30N8O4/c1-26(2)8-7-21-30-31-23(34(21)26)18-5-4-6-20(28-18)33-14-17-16(24(33)35)13-22(32-9-11-37-12-10-32)29-19(17)15-38-25(36)27-3/h4-6,13H,7-12,14-15H2,1-3H3,(H,27,36). The third kappa shape index (κ3) is 4.14. The largest absolute Gasteiger partial charge is 0.443 e. The van der Waals surface area contributed by atoms with Crippen LogP contribution in [-0.4, -0.2) is 70.1 Å². The van der Waals surface area contributed by atoms with Crippen molar-refractivity contribution in [1.29, 1.82) is 0 Å². The number of pyridine rings is 2. The van der Waals surface area contributed by atoms with Crippen molar-refractivity contribution in [2.75, 3.05) is 43.2 Å². The highest BCUT2D eigenvalue weighted by atomic mass is 16.5. The van der Waals surface area contributed by atoms with Gasteiger partial charge in [-0.05, 0) is 38.5 Å². The van der Waals surface area contributed by atoms with Crippen molar-refractivity contribution in [2.24, 2.45) is 0 Å². The van der Waals surface area contributed by atoms with Gasteiger partial charge in [-0.15, -0.1) is 10.2 Å². The molecule has 0 radical (unpaired) electrons. The highest BCUT2D eigenvalue weighted by Gasteiger charge is 2.36. The molecule has 1 N–H and O–H groups in total. The molecule has 12 nitrogen and oxygen atoms in total. The molecule has 0 bridgehead atoms. The van der Waals surface area contributed by atoms with Crippen molar-refractivity contribution in [3.05, 3.63) is 46.9 Å². The first-order valence-electron chi connectivity index (χ1n) is 12.8. The van der Waals surface area contributed by atoms with Gasteiger partial charge < -0.3 is 24.3 Å². The molecule has 0 aliphatic carbocycles. The monoisotopic (exact) mass is 518 g/mol. The summed E-state index contributed by atoms with van der Waals surface area (Å²) in [5, 5.41) is 11.2.